The molecule has 0 saturated heterocycles. The van der Waals surface area contributed by atoms with Gasteiger partial charge in [0.25, 0.3) is 5.69 Å². The molecule has 0 heterocycles. The number of carbonyl (C=O) groups is 1. The van der Waals surface area contributed by atoms with Gasteiger partial charge in [-0.25, -0.2) is 8.42 Å². The average molecular weight is 413 g/mol. The van der Waals surface area contributed by atoms with Gasteiger partial charge in [-0.2, -0.15) is 0 Å². The Morgan fingerprint density at radius 1 is 1.22 bits per heavy atom. The van der Waals surface area contributed by atoms with Crippen LogP contribution < -0.4 is 10.1 Å². The molecule has 144 valence electrons. The molecule has 0 aromatic heterocycles. The number of nitrogens with zero attached hydrogens (tertiary/aromatic N) is 1. The Morgan fingerprint density at radius 3 is 2.48 bits per heavy atom. The fraction of sp³-hybridized carbons (Fsp3) is 0.235. The first-order valence-corrected chi connectivity index (χ1v) is 9.86. The summed E-state index contributed by atoms with van der Waals surface area (Å²) in [5, 5.41) is 13.8. The summed E-state index contributed by atoms with van der Waals surface area (Å²) >= 11 is 5.74. The highest BCUT2D eigenvalue weighted by atomic mass is 35.5. The zero-order valence-electron chi connectivity index (χ0n) is 14.3. The summed E-state index contributed by atoms with van der Waals surface area (Å²) in [5.74, 6) is -0.420. The summed E-state index contributed by atoms with van der Waals surface area (Å²) < 4.78 is 29.5. The van der Waals surface area contributed by atoms with Crippen LogP contribution >= 0.6 is 11.6 Å². The van der Waals surface area contributed by atoms with Crippen molar-refractivity contribution in [3.63, 3.8) is 0 Å². The highest BCUT2D eigenvalue weighted by Crippen LogP contribution is 2.29. The van der Waals surface area contributed by atoms with Gasteiger partial charge in [0.1, 0.15) is 5.75 Å². The number of anilines is 1. The first-order valence-electron chi connectivity index (χ1n) is 7.83. The van der Waals surface area contributed by atoms with E-state index in [1.54, 1.807) is 0 Å². The molecule has 0 unspecified atom stereocenters. The van der Waals surface area contributed by atoms with Crippen LogP contribution in [0, 0.1) is 10.1 Å². The summed E-state index contributed by atoms with van der Waals surface area (Å²) in [5.41, 5.74) is -0.0475. The molecular formula is C17H17ClN2O6S. The Morgan fingerprint density at radius 2 is 1.89 bits per heavy atom. The Hall–Kier alpha value is -2.65. The van der Waals surface area contributed by atoms with E-state index in [0.29, 0.717) is 5.02 Å². The number of nitro benzene ring substituents is 1. The quantitative estimate of drug-likeness (QED) is 0.524. The summed E-state index contributed by atoms with van der Waals surface area (Å²) in [7, 11) is -2.16. The van der Waals surface area contributed by atoms with E-state index in [1.807, 2.05) is 0 Å². The predicted octanol–water partition coefficient (Wildman–Crippen LogP) is 3.45. The number of ether oxygens (including phenoxy) is 1. The molecule has 0 aliphatic rings. The van der Waals surface area contributed by atoms with Gasteiger partial charge >= 0.3 is 0 Å². The van der Waals surface area contributed by atoms with E-state index in [4.69, 9.17) is 16.3 Å². The van der Waals surface area contributed by atoms with Crippen LogP contribution in [-0.2, 0) is 14.6 Å². The Bertz CT molecular complexity index is 944. The Labute approximate surface area is 161 Å². The number of hydrogen-bond donors (Lipinski definition) is 1. The van der Waals surface area contributed by atoms with Crippen LogP contribution in [-0.4, -0.2) is 32.1 Å². The minimum absolute atomic E-state index is 0.0708. The van der Waals surface area contributed by atoms with Crippen LogP contribution in [0.15, 0.2) is 47.4 Å². The maximum atomic E-state index is 12.2. The molecule has 0 radical (unpaired) electrons. The van der Waals surface area contributed by atoms with Gasteiger partial charge in [-0.15, -0.1) is 0 Å². The Kier molecular flexibility index (Phi) is 6.75. The first-order chi connectivity index (χ1) is 12.7. The van der Waals surface area contributed by atoms with Crippen molar-refractivity contribution in [1.82, 2.24) is 0 Å². The lowest BCUT2D eigenvalue weighted by Gasteiger charge is -2.10. The van der Waals surface area contributed by atoms with E-state index >= 15 is 0 Å². The zero-order valence-corrected chi connectivity index (χ0v) is 15.9. The molecule has 0 spiro atoms. The zero-order chi connectivity index (χ0) is 20.0. The summed E-state index contributed by atoms with van der Waals surface area (Å²) in [6.07, 6.45) is 0.0205. The van der Waals surface area contributed by atoms with Crippen molar-refractivity contribution in [3.8, 4) is 5.75 Å². The van der Waals surface area contributed by atoms with Crippen molar-refractivity contribution in [2.45, 2.75) is 17.7 Å². The third-order valence-corrected chi connectivity index (χ3v) is 5.73. The maximum absolute atomic E-state index is 12.2. The van der Waals surface area contributed by atoms with Gasteiger partial charge in [0.05, 0.1) is 28.4 Å². The Balaban J connectivity index is 1.97. The van der Waals surface area contributed by atoms with Gasteiger partial charge in [0.2, 0.25) is 5.91 Å². The molecule has 27 heavy (non-hydrogen) atoms. The van der Waals surface area contributed by atoms with Crippen LogP contribution in [0.2, 0.25) is 5.02 Å². The third-order valence-electron chi connectivity index (χ3n) is 3.66. The number of nitro groups is 1. The van der Waals surface area contributed by atoms with Crippen molar-refractivity contribution < 1.29 is 22.9 Å². The number of hydrogen-bond acceptors (Lipinski definition) is 6. The van der Waals surface area contributed by atoms with Crippen molar-refractivity contribution >= 4 is 38.7 Å². The number of carbonyl (C=O) groups excluding carboxylic acids is 1. The molecular weight excluding hydrogens is 396 g/mol. The predicted molar refractivity (Wildman–Crippen MR) is 101 cm³/mol. The summed E-state index contributed by atoms with van der Waals surface area (Å²) in [6.45, 7) is 0. The summed E-state index contributed by atoms with van der Waals surface area (Å²) in [6, 6.07) is 9.59. The molecule has 0 aliphatic carbocycles. The van der Waals surface area contributed by atoms with Crippen molar-refractivity contribution in [3.05, 3.63) is 57.6 Å². The fourth-order valence-corrected chi connectivity index (χ4v) is 3.74. The molecule has 2 aromatic rings. The molecule has 0 atom stereocenters. The normalized spacial score (nSPS) is 11.0. The lowest BCUT2D eigenvalue weighted by molar-refractivity contribution is -0.384. The van der Waals surface area contributed by atoms with Gasteiger partial charge < -0.3 is 10.1 Å². The molecule has 8 nitrogen and oxygen atoms in total. The van der Waals surface area contributed by atoms with Gasteiger partial charge in [-0.05, 0) is 36.8 Å². The van der Waals surface area contributed by atoms with E-state index < -0.39 is 20.7 Å². The van der Waals surface area contributed by atoms with Crippen LogP contribution in [0.4, 0.5) is 11.4 Å². The van der Waals surface area contributed by atoms with Crippen molar-refractivity contribution in [2.24, 2.45) is 0 Å². The topological polar surface area (TPSA) is 116 Å². The number of benzene rings is 2. The number of amides is 1. The van der Waals surface area contributed by atoms with Crippen LogP contribution in [0.3, 0.4) is 0 Å². The van der Waals surface area contributed by atoms with E-state index in [9.17, 15) is 23.3 Å². The maximum Gasteiger partial charge on any atom is 0.271 e. The fourth-order valence-electron chi connectivity index (χ4n) is 2.30. The smallest absolute Gasteiger partial charge is 0.271 e. The van der Waals surface area contributed by atoms with E-state index in [1.165, 1.54) is 49.6 Å². The average Bonchev–Trinajstić information content (AvgIpc) is 2.61. The van der Waals surface area contributed by atoms with E-state index in [-0.39, 0.29) is 40.6 Å². The van der Waals surface area contributed by atoms with Crippen molar-refractivity contribution in [2.75, 3.05) is 18.2 Å². The second-order valence-electron chi connectivity index (χ2n) is 5.57. The number of halogens is 1. The number of nitrogens with one attached hydrogen (secondary N) is 1. The van der Waals surface area contributed by atoms with E-state index in [2.05, 4.69) is 5.32 Å². The lowest BCUT2D eigenvalue weighted by Crippen LogP contribution is -2.15. The third kappa shape index (κ3) is 5.66. The molecule has 1 amide bonds. The molecule has 2 aromatic carbocycles. The largest absolute Gasteiger partial charge is 0.495 e. The molecule has 10 heteroatoms. The molecule has 2 rings (SSSR count). The van der Waals surface area contributed by atoms with Crippen LogP contribution in [0.1, 0.15) is 12.8 Å². The molecule has 0 saturated carbocycles. The van der Waals surface area contributed by atoms with Crippen molar-refractivity contribution in [1.29, 1.82) is 0 Å². The van der Waals surface area contributed by atoms with Crippen LogP contribution in [0.5, 0.6) is 5.75 Å². The molecule has 0 aliphatic heterocycles. The van der Waals surface area contributed by atoms with Crippen LogP contribution in [0.25, 0.3) is 0 Å². The molecule has 0 fully saturated rings. The second-order valence-corrected chi connectivity index (χ2v) is 8.11. The minimum Gasteiger partial charge on any atom is -0.495 e. The highest BCUT2D eigenvalue weighted by Gasteiger charge is 2.17. The molecule has 1 N–H and O–H groups in total. The number of sulfone groups is 1. The standard InChI is InChI=1S/C17H17ClN2O6S/c1-26-16-9-6-13(20(22)23)11-15(16)19-17(21)3-2-10-27(24,25)14-7-4-12(18)5-8-14/h4-9,11H,2-3,10H2,1H3,(H,19,21). The monoisotopic (exact) mass is 412 g/mol. The lowest BCUT2D eigenvalue weighted by atomic mass is 10.2. The van der Waals surface area contributed by atoms with Gasteiger partial charge in [0, 0.05) is 23.6 Å². The second kappa shape index (κ2) is 8.83. The van der Waals surface area contributed by atoms with Gasteiger partial charge in [0.15, 0.2) is 9.84 Å². The van der Waals surface area contributed by atoms with Gasteiger partial charge in [-0.3, -0.25) is 14.9 Å². The first kappa shape index (κ1) is 20.7. The number of rotatable bonds is 8. The SMILES string of the molecule is COc1ccc([N+](=O)[O-])cc1NC(=O)CCCS(=O)(=O)c1ccc(Cl)cc1. The minimum atomic E-state index is -3.53. The molecule has 0 bridgehead atoms. The number of non-ortho nitro benzene ring substituents is 1. The highest BCUT2D eigenvalue weighted by molar-refractivity contribution is 7.91. The summed E-state index contributed by atoms with van der Waals surface area (Å²) in [4.78, 5) is 22.5. The number of methoxy groups -OCH3 is 1. The van der Waals surface area contributed by atoms with Gasteiger partial charge in [-0.1, -0.05) is 11.6 Å². The van der Waals surface area contributed by atoms with E-state index in [0.717, 1.165) is 0 Å².